The molecule has 0 unspecified atom stereocenters. The van der Waals surface area contributed by atoms with Gasteiger partial charge in [-0.3, -0.25) is 14.9 Å². The van der Waals surface area contributed by atoms with E-state index < -0.39 is 20.9 Å². The van der Waals surface area contributed by atoms with Crippen LogP contribution in [0.15, 0.2) is 94.9 Å². The molecular weight excluding hydrogens is 474 g/mol. The first-order valence-corrected chi connectivity index (χ1v) is 11.5. The average molecular weight is 491 g/mol. The molecule has 0 bridgehead atoms. The van der Waals surface area contributed by atoms with Gasteiger partial charge in [0, 0.05) is 12.1 Å². The van der Waals surface area contributed by atoms with Crippen molar-refractivity contribution < 1.29 is 27.4 Å². The van der Waals surface area contributed by atoms with Crippen molar-refractivity contribution in [2.45, 2.75) is 4.90 Å². The van der Waals surface area contributed by atoms with Gasteiger partial charge in [-0.1, -0.05) is 24.3 Å². The van der Waals surface area contributed by atoms with E-state index >= 15 is 0 Å². The average Bonchev–Trinajstić information content (AvgIpc) is 2.84. The van der Waals surface area contributed by atoms with Gasteiger partial charge in [0.2, 0.25) is 0 Å². The Morgan fingerprint density at radius 2 is 1.60 bits per heavy atom. The summed E-state index contributed by atoms with van der Waals surface area (Å²) < 4.78 is 29.8. The van der Waals surface area contributed by atoms with Crippen LogP contribution in [-0.4, -0.2) is 30.6 Å². The van der Waals surface area contributed by atoms with Crippen molar-refractivity contribution in [3.05, 3.63) is 106 Å². The highest BCUT2D eigenvalue weighted by Crippen LogP contribution is 2.25. The molecule has 11 heteroatoms. The Morgan fingerprint density at radius 1 is 0.971 bits per heavy atom. The number of aromatic hydroxyl groups is 1. The number of nitrogens with zero attached hydrogens (tertiary/aromatic N) is 2. The number of non-ortho nitro benzene ring substituents is 1. The summed E-state index contributed by atoms with van der Waals surface area (Å²) in [6, 6.07) is 20.5. The van der Waals surface area contributed by atoms with E-state index in [0.29, 0.717) is 5.56 Å². The van der Waals surface area contributed by atoms with Crippen molar-refractivity contribution in [3.63, 3.8) is 0 Å². The first-order chi connectivity index (χ1) is 16.7. The minimum atomic E-state index is -4.18. The minimum Gasteiger partial charge on any atom is -0.507 e. The van der Waals surface area contributed by atoms with E-state index in [0.717, 1.165) is 35.0 Å². The molecule has 0 aliphatic rings. The van der Waals surface area contributed by atoms with Crippen molar-refractivity contribution in [1.29, 1.82) is 0 Å². The predicted octanol–water partition coefficient (Wildman–Crippen LogP) is 3.99. The van der Waals surface area contributed by atoms with E-state index in [4.69, 9.17) is 4.18 Å². The fourth-order valence-corrected chi connectivity index (χ4v) is 4.08. The second-order valence-electron chi connectivity index (χ2n) is 7.27. The number of nitro groups is 1. The number of carbonyl (C=O) groups excluding carboxylic acids is 1. The number of hydrazone groups is 1. The zero-order chi connectivity index (χ0) is 25.0. The van der Waals surface area contributed by atoms with Gasteiger partial charge in [-0.2, -0.15) is 13.5 Å². The maximum absolute atomic E-state index is 12.4. The third kappa shape index (κ3) is 5.42. The molecule has 4 rings (SSSR count). The first-order valence-electron chi connectivity index (χ1n) is 10.1. The molecule has 0 aromatic heterocycles. The topological polar surface area (TPSA) is 148 Å². The number of carbonyl (C=O) groups is 1. The second-order valence-corrected chi connectivity index (χ2v) is 8.82. The SMILES string of the molecule is O=C(N/N=C/c1ccc(OS(=O)(=O)c2ccc([N+](=O)[O-])cc2)cc1)c1cc2ccccc2cc1O. The van der Waals surface area contributed by atoms with E-state index in [1.165, 1.54) is 36.5 Å². The fourth-order valence-electron chi connectivity index (χ4n) is 3.15. The molecule has 2 N–H and O–H groups in total. The summed E-state index contributed by atoms with van der Waals surface area (Å²) in [4.78, 5) is 22.2. The monoisotopic (exact) mass is 491 g/mol. The number of phenols is 1. The number of phenolic OH excluding ortho intramolecular Hbond substituents is 1. The van der Waals surface area contributed by atoms with Gasteiger partial charge in [0.05, 0.1) is 16.7 Å². The standard InChI is InChI=1S/C24H17N3O7S/c28-23-14-18-4-2-1-3-17(18)13-22(23)24(29)26-25-15-16-5-9-20(10-6-16)34-35(32,33)21-11-7-19(8-12-21)27(30)31/h1-15,28H,(H,26,29)/b25-15+. The highest BCUT2D eigenvalue weighted by molar-refractivity contribution is 7.87. The number of rotatable bonds is 7. The van der Waals surface area contributed by atoms with Crippen LogP contribution in [0.3, 0.4) is 0 Å². The molecule has 0 saturated heterocycles. The molecule has 10 nitrogen and oxygen atoms in total. The lowest BCUT2D eigenvalue weighted by atomic mass is 10.1. The van der Waals surface area contributed by atoms with Crippen LogP contribution in [0.1, 0.15) is 15.9 Å². The Balaban J connectivity index is 1.40. The van der Waals surface area contributed by atoms with E-state index in [9.17, 15) is 28.4 Å². The number of fused-ring (bicyclic) bond motifs is 1. The van der Waals surface area contributed by atoms with Gasteiger partial charge >= 0.3 is 10.1 Å². The third-order valence-corrected chi connectivity index (χ3v) is 6.17. The lowest BCUT2D eigenvalue weighted by Crippen LogP contribution is -2.17. The molecule has 176 valence electrons. The van der Waals surface area contributed by atoms with Crippen LogP contribution in [0, 0.1) is 10.1 Å². The minimum absolute atomic E-state index is 0.0191. The van der Waals surface area contributed by atoms with Crippen molar-refractivity contribution >= 4 is 38.7 Å². The van der Waals surface area contributed by atoms with Gasteiger partial charge in [0.1, 0.15) is 16.4 Å². The summed E-state index contributed by atoms with van der Waals surface area (Å²) in [5.74, 6) is -0.753. The summed E-state index contributed by atoms with van der Waals surface area (Å²) in [7, 11) is -4.18. The normalized spacial score (nSPS) is 11.4. The van der Waals surface area contributed by atoms with Crippen LogP contribution in [-0.2, 0) is 10.1 Å². The summed E-state index contributed by atoms with van der Waals surface area (Å²) in [6.45, 7) is 0. The number of hydrogen-bond acceptors (Lipinski definition) is 8. The number of benzene rings is 4. The maximum Gasteiger partial charge on any atom is 0.339 e. The molecule has 35 heavy (non-hydrogen) atoms. The molecule has 0 radical (unpaired) electrons. The van der Waals surface area contributed by atoms with Crippen LogP contribution >= 0.6 is 0 Å². The third-order valence-electron chi connectivity index (χ3n) is 4.91. The highest BCUT2D eigenvalue weighted by Gasteiger charge is 2.18. The van der Waals surface area contributed by atoms with Crippen LogP contribution < -0.4 is 9.61 Å². The van der Waals surface area contributed by atoms with Crippen molar-refractivity contribution in [3.8, 4) is 11.5 Å². The highest BCUT2D eigenvalue weighted by atomic mass is 32.2. The van der Waals surface area contributed by atoms with Crippen LogP contribution in [0.25, 0.3) is 10.8 Å². The molecular formula is C24H17N3O7S. The van der Waals surface area contributed by atoms with Gasteiger partial charge in [-0.05, 0) is 64.9 Å². The molecule has 0 saturated carbocycles. The molecule has 4 aromatic carbocycles. The summed E-state index contributed by atoms with van der Waals surface area (Å²) in [6.07, 6.45) is 1.34. The Hall–Kier alpha value is -4.77. The smallest absolute Gasteiger partial charge is 0.339 e. The number of nitrogens with one attached hydrogen (secondary N) is 1. The van der Waals surface area contributed by atoms with Gasteiger partial charge in [0.15, 0.2) is 0 Å². The molecule has 0 aliphatic carbocycles. The first kappa shape index (κ1) is 23.4. The quantitative estimate of drug-likeness (QED) is 0.172. The van der Waals surface area contributed by atoms with Gasteiger partial charge in [-0.15, -0.1) is 0 Å². The van der Waals surface area contributed by atoms with Crippen LogP contribution in [0.2, 0.25) is 0 Å². The van der Waals surface area contributed by atoms with Crippen molar-refractivity contribution in [2.24, 2.45) is 5.10 Å². The van der Waals surface area contributed by atoms with Crippen LogP contribution in [0.5, 0.6) is 11.5 Å². The zero-order valence-electron chi connectivity index (χ0n) is 17.9. The molecule has 0 aliphatic heterocycles. The number of nitro benzene ring substituents is 1. The molecule has 0 heterocycles. The van der Waals surface area contributed by atoms with Gasteiger partial charge in [-0.25, -0.2) is 5.43 Å². The van der Waals surface area contributed by atoms with Crippen LogP contribution in [0.4, 0.5) is 5.69 Å². The molecule has 0 atom stereocenters. The lowest BCUT2D eigenvalue weighted by molar-refractivity contribution is -0.384. The number of amides is 1. The summed E-state index contributed by atoms with van der Waals surface area (Å²) in [5, 5.41) is 26.3. The van der Waals surface area contributed by atoms with E-state index in [-0.39, 0.29) is 27.6 Å². The zero-order valence-corrected chi connectivity index (χ0v) is 18.7. The molecule has 1 amide bonds. The van der Waals surface area contributed by atoms with Crippen molar-refractivity contribution in [1.82, 2.24) is 5.43 Å². The number of hydrogen-bond donors (Lipinski definition) is 2. The Morgan fingerprint density at radius 3 is 2.23 bits per heavy atom. The van der Waals surface area contributed by atoms with E-state index in [1.54, 1.807) is 6.07 Å². The van der Waals surface area contributed by atoms with Gasteiger partial charge in [0.25, 0.3) is 11.6 Å². The Labute approximate surface area is 199 Å². The van der Waals surface area contributed by atoms with E-state index in [1.807, 2.05) is 24.3 Å². The van der Waals surface area contributed by atoms with Gasteiger partial charge < -0.3 is 9.29 Å². The Bertz CT molecular complexity index is 1550. The largest absolute Gasteiger partial charge is 0.507 e. The fraction of sp³-hybridized carbons (Fsp3) is 0. The lowest BCUT2D eigenvalue weighted by Gasteiger charge is -2.07. The van der Waals surface area contributed by atoms with Crippen molar-refractivity contribution in [2.75, 3.05) is 0 Å². The second kappa shape index (κ2) is 9.61. The molecule has 0 spiro atoms. The Kier molecular flexibility index (Phi) is 6.42. The molecule has 0 fully saturated rings. The summed E-state index contributed by atoms with van der Waals surface area (Å²) in [5.41, 5.74) is 2.70. The maximum atomic E-state index is 12.4. The summed E-state index contributed by atoms with van der Waals surface area (Å²) >= 11 is 0. The van der Waals surface area contributed by atoms with E-state index in [2.05, 4.69) is 10.5 Å². The predicted molar refractivity (Wildman–Crippen MR) is 128 cm³/mol. The molecule has 4 aromatic rings.